The minimum atomic E-state index is -0.481. The van der Waals surface area contributed by atoms with Gasteiger partial charge in [-0.05, 0) is 6.08 Å². The fraction of sp³-hybridized carbons (Fsp3) is 0. The molecule has 0 fully saturated rings. The summed E-state index contributed by atoms with van der Waals surface area (Å²) in [5, 5.41) is 0. The molecule has 0 bridgehead atoms. The number of primary amides is 1. The molecule has 2 N–H and O–H groups in total. The van der Waals surface area contributed by atoms with Gasteiger partial charge in [0.25, 0.3) is 0 Å². The Hall–Kier alpha value is -0.440. The van der Waals surface area contributed by atoms with E-state index >= 15 is 0 Å². The lowest BCUT2D eigenvalue weighted by atomic mass is 10.6. The van der Waals surface area contributed by atoms with Crippen molar-refractivity contribution in [2.24, 2.45) is 5.73 Å². The topological polar surface area (TPSA) is 43.1 Å². The van der Waals surface area contributed by atoms with Crippen LogP contribution in [0.3, 0.4) is 0 Å². The van der Waals surface area contributed by atoms with E-state index in [0.717, 1.165) is 6.08 Å². The Balaban J connectivity index is 0. The van der Waals surface area contributed by atoms with Crippen LogP contribution in [-0.2, 0) is 4.79 Å². The van der Waals surface area contributed by atoms with Crippen molar-refractivity contribution in [1.82, 2.24) is 0 Å². The first kappa shape index (κ1) is 9.12. The number of hydrogen-bond acceptors (Lipinski definition) is 1. The lowest BCUT2D eigenvalue weighted by molar-refractivity contribution is -0.113. The molecule has 3 heteroatoms. The van der Waals surface area contributed by atoms with Crippen LogP contribution in [-0.4, -0.2) is 5.91 Å². The highest BCUT2D eigenvalue weighted by molar-refractivity contribution is 7.59. The van der Waals surface area contributed by atoms with Crippen molar-refractivity contribution in [2.45, 2.75) is 0 Å². The molecule has 0 aliphatic rings. The lowest BCUT2D eigenvalue weighted by Crippen LogP contribution is -2.04. The number of carbonyl (C=O) groups excluding carboxylic acids is 1. The molecule has 0 aromatic rings. The largest absolute Gasteiger partial charge is 0.366 e. The molecule has 0 aliphatic carbocycles. The highest BCUT2D eigenvalue weighted by atomic mass is 32.1. The Kier molecular flexibility index (Phi) is 6.93. The third-order valence-corrected chi connectivity index (χ3v) is 0.201. The predicted octanol–water partition coefficient (Wildman–Crippen LogP) is 0.306. The van der Waals surface area contributed by atoms with E-state index in [2.05, 4.69) is 12.3 Å². The monoisotopic (exact) mass is 103 g/mol. The van der Waals surface area contributed by atoms with Crippen molar-refractivity contribution in [2.75, 3.05) is 0 Å². The molecule has 0 aromatic heterocycles. The van der Waals surface area contributed by atoms with Gasteiger partial charge in [-0.2, -0.15) is 0 Å². The van der Waals surface area contributed by atoms with Gasteiger partial charge in [-0.1, -0.05) is 6.58 Å². The lowest BCUT2D eigenvalue weighted by Gasteiger charge is -1.65. The SMILES string of the molecule is C=CC(N)=O.[S]. The molecule has 6 heavy (non-hydrogen) atoms. The van der Waals surface area contributed by atoms with Gasteiger partial charge in [-0.15, -0.1) is 0 Å². The molecule has 0 aliphatic heterocycles. The standard InChI is InChI=1S/C3H5NO.S/c1-2-3(4)5;/h2H,1H2,(H2,4,5);. The molecule has 0 saturated heterocycles. The zero-order valence-corrected chi connectivity index (χ0v) is 3.99. The van der Waals surface area contributed by atoms with Crippen molar-refractivity contribution in [1.29, 1.82) is 0 Å². The molecule has 0 saturated carbocycles. The summed E-state index contributed by atoms with van der Waals surface area (Å²) in [6.07, 6.45) is 1.06. The summed E-state index contributed by atoms with van der Waals surface area (Å²) in [6, 6.07) is 0. The van der Waals surface area contributed by atoms with E-state index in [1.54, 1.807) is 0 Å². The van der Waals surface area contributed by atoms with Crippen molar-refractivity contribution in [3.8, 4) is 0 Å². The second kappa shape index (κ2) is 4.56. The van der Waals surface area contributed by atoms with Gasteiger partial charge in [-0.25, -0.2) is 0 Å². The summed E-state index contributed by atoms with van der Waals surface area (Å²) in [6.45, 7) is 3.09. The first-order chi connectivity index (χ1) is 2.27. The second-order valence-electron chi connectivity index (χ2n) is 0.606. The average molecular weight is 103 g/mol. The van der Waals surface area contributed by atoms with E-state index in [4.69, 9.17) is 0 Å². The normalized spacial score (nSPS) is 5.33. The summed E-state index contributed by atoms with van der Waals surface area (Å²) >= 11 is 0. The molecular formula is C3H5NOS. The van der Waals surface area contributed by atoms with Crippen LogP contribution in [0.1, 0.15) is 0 Å². The Morgan fingerprint density at radius 2 is 2.00 bits per heavy atom. The third kappa shape index (κ3) is 9.59. The van der Waals surface area contributed by atoms with Crippen molar-refractivity contribution in [3.63, 3.8) is 0 Å². The molecule has 0 spiro atoms. The van der Waals surface area contributed by atoms with Crippen LogP contribution in [0.2, 0.25) is 0 Å². The first-order valence-corrected chi connectivity index (χ1v) is 1.19. The molecule has 0 unspecified atom stereocenters. The van der Waals surface area contributed by atoms with Crippen molar-refractivity contribution in [3.05, 3.63) is 12.7 Å². The van der Waals surface area contributed by atoms with E-state index in [-0.39, 0.29) is 13.5 Å². The van der Waals surface area contributed by atoms with E-state index in [1.807, 2.05) is 0 Å². The summed E-state index contributed by atoms with van der Waals surface area (Å²) in [7, 11) is 0. The fourth-order valence-electron chi connectivity index (χ4n) is 0. The van der Waals surface area contributed by atoms with E-state index in [1.165, 1.54) is 0 Å². The van der Waals surface area contributed by atoms with E-state index < -0.39 is 5.91 Å². The van der Waals surface area contributed by atoms with E-state index in [0.29, 0.717) is 0 Å². The van der Waals surface area contributed by atoms with Gasteiger partial charge in [0.15, 0.2) is 0 Å². The number of rotatable bonds is 1. The Labute approximate surface area is 43.5 Å². The van der Waals surface area contributed by atoms with Gasteiger partial charge in [0.2, 0.25) is 5.91 Å². The van der Waals surface area contributed by atoms with Crippen LogP contribution < -0.4 is 5.73 Å². The fourth-order valence-corrected chi connectivity index (χ4v) is 0. The quantitative estimate of drug-likeness (QED) is 0.477. The highest BCUT2D eigenvalue weighted by Gasteiger charge is 1.69. The molecule has 1 amide bonds. The van der Waals surface area contributed by atoms with Crippen LogP contribution in [0, 0.1) is 0 Å². The Morgan fingerprint density at radius 3 is 2.00 bits per heavy atom. The minimum Gasteiger partial charge on any atom is -0.366 e. The Morgan fingerprint density at radius 1 is 1.83 bits per heavy atom. The third-order valence-electron chi connectivity index (χ3n) is 0.201. The molecule has 34 valence electrons. The van der Waals surface area contributed by atoms with Gasteiger partial charge in [-0.3, -0.25) is 4.79 Å². The van der Waals surface area contributed by atoms with Gasteiger partial charge >= 0.3 is 0 Å². The van der Waals surface area contributed by atoms with Crippen LogP contribution in [0.5, 0.6) is 0 Å². The van der Waals surface area contributed by atoms with Crippen molar-refractivity contribution < 1.29 is 4.79 Å². The highest BCUT2D eigenvalue weighted by Crippen LogP contribution is 1.48. The van der Waals surface area contributed by atoms with Crippen molar-refractivity contribution >= 4 is 19.4 Å². The molecule has 0 heterocycles. The number of nitrogens with two attached hydrogens (primary N) is 1. The van der Waals surface area contributed by atoms with Gasteiger partial charge < -0.3 is 5.73 Å². The maximum Gasteiger partial charge on any atom is 0.240 e. The van der Waals surface area contributed by atoms with Gasteiger partial charge in [0.1, 0.15) is 0 Å². The number of carbonyl (C=O) groups is 1. The summed E-state index contributed by atoms with van der Waals surface area (Å²) < 4.78 is 0. The zero-order chi connectivity index (χ0) is 4.28. The summed E-state index contributed by atoms with van der Waals surface area (Å²) in [5.41, 5.74) is 4.53. The maximum absolute atomic E-state index is 9.47. The maximum atomic E-state index is 9.47. The summed E-state index contributed by atoms with van der Waals surface area (Å²) in [4.78, 5) is 9.47. The number of hydrogen-bond donors (Lipinski definition) is 1. The predicted molar refractivity (Wildman–Crippen MR) is 27.0 cm³/mol. The zero-order valence-electron chi connectivity index (χ0n) is 3.18. The molecule has 2 nitrogen and oxygen atoms in total. The first-order valence-electron chi connectivity index (χ1n) is 1.19. The minimum absolute atomic E-state index is 0. The van der Waals surface area contributed by atoms with Crippen LogP contribution in [0.4, 0.5) is 0 Å². The molecule has 0 aromatic carbocycles. The molecular weight excluding hydrogens is 98.1 g/mol. The smallest absolute Gasteiger partial charge is 0.240 e. The Bertz CT molecular complexity index is 61.8. The van der Waals surface area contributed by atoms with Crippen LogP contribution in [0.15, 0.2) is 12.7 Å². The molecule has 0 rings (SSSR count). The van der Waals surface area contributed by atoms with Gasteiger partial charge in [0, 0.05) is 13.5 Å². The second-order valence-corrected chi connectivity index (χ2v) is 0.606. The summed E-state index contributed by atoms with van der Waals surface area (Å²) in [5.74, 6) is -0.481. The van der Waals surface area contributed by atoms with Gasteiger partial charge in [0.05, 0.1) is 0 Å². The van der Waals surface area contributed by atoms with E-state index in [9.17, 15) is 4.79 Å². The molecule has 0 atom stereocenters. The van der Waals surface area contributed by atoms with Crippen LogP contribution >= 0.6 is 13.5 Å². The average Bonchev–Trinajstić information content (AvgIpc) is 1.38. The number of amides is 1. The molecule has 2 radical (unpaired) electrons. The van der Waals surface area contributed by atoms with Crippen LogP contribution in [0.25, 0.3) is 0 Å².